The average molecular weight is 918 g/mol. The van der Waals surface area contributed by atoms with E-state index in [0.717, 1.165) is 52.2 Å². The summed E-state index contributed by atoms with van der Waals surface area (Å²) >= 11 is 0. The number of pyridine rings is 6. The molecule has 0 saturated carbocycles. The minimum atomic E-state index is -0.861. The zero-order chi connectivity index (χ0) is 40.3. The molecule has 0 fully saturated rings. The van der Waals surface area contributed by atoms with Gasteiger partial charge in [-0.15, -0.1) is 21.2 Å². The minimum absolute atomic E-state index is 0. The molecule has 0 aliphatic rings. The molecule has 6 aromatic heterocycles. The third-order valence-electron chi connectivity index (χ3n) is 6.24. The molecule has 0 aliphatic heterocycles. The molecular weight excluding hydrogens is 859 g/mol. The molecular formula is C45H59Co2N6O2Si3-2. The van der Waals surface area contributed by atoms with Gasteiger partial charge in [0, 0.05) is 58.3 Å². The van der Waals surface area contributed by atoms with Gasteiger partial charge in [-0.25, -0.2) is 9.97 Å². The Balaban J connectivity index is 0. The van der Waals surface area contributed by atoms with Crippen LogP contribution in [-0.2, 0) is 42.4 Å². The van der Waals surface area contributed by atoms with E-state index in [-0.39, 0.29) is 41.0 Å². The van der Waals surface area contributed by atoms with Crippen molar-refractivity contribution in [1.82, 2.24) is 29.9 Å². The second-order valence-electron chi connectivity index (χ2n) is 13.4. The van der Waals surface area contributed by atoms with Crippen LogP contribution in [0.25, 0.3) is 45.6 Å². The Morgan fingerprint density at radius 2 is 0.828 bits per heavy atom. The summed E-state index contributed by atoms with van der Waals surface area (Å²) in [7, 11) is -2.09. The Morgan fingerprint density at radius 3 is 1.00 bits per heavy atom. The van der Waals surface area contributed by atoms with Gasteiger partial charge in [0.05, 0.1) is 58.8 Å². The molecule has 6 heterocycles. The Kier molecular flexibility index (Phi) is 31.8. The van der Waals surface area contributed by atoms with Crippen LogP contribution in [0.15, 0.2) is 159 Å². The van der Waals surface area contributed by atoms with E-state index >= 15 is 0 Å². The first-order chi connectivity index (χ1) is 26.4. The van der Waals surface area contributed by atoms with Gasteiger partial charge in [0.1, 0.15) is 0 Å². The average Bonchev–Trinajstić information content (AvgIpc) is 3.21. The van der Waals surface area contributed by atoms with Crippen LogP contribution in [0.5, 0.6) is 0 Å². The molecule has 8 nitrogen and oxygen atoms in total. The summed E-state index contributed by atoms with van der Waals surface area (Å²) in [6.45, 7) is 27.5. The summed E-state index contributed by atoms with van der Waals surface area (Å²) in [6, 6.07) is 35.0. The number of hydrogen-bond donors (Lipinski definition) is 0. The maximum atomic E-state index is 5.21. The second kappa shape index (κ2) is 32.9. The third kappa shape index (κ3) is 26.1. The van der Waals surface area contributed by atoms with Gasteiger partial charge in [-0.05, 0) is 99.0 Å². The number of nitrogens with zero attached hydrogens (tertiary/aromatic N) is 6. The van der Waals surface area contributed by atoms with Gasteiger partial charge in [0.15, 0.2) is 9.04 Å². The number of aromatic nitrogens is 6. The molecule has 6 aromatic rings. The predicted molar refractivity (Wildman–Crippen MR) is 245 cm³/mol. The van der Waals surface area contributed by atoms with E-state index in [1.807, 2.05) is 109 Å². The van der Waals surface area contributed by atoms with Gasteiger partial charge < -0.3 is 22.8 Å². The fourth-order valence-corrected chi connectivity index (χ4v) is 4.96. The Hall–Kier alpha value is -4.04. The molecule has 0 bridgehead atoms. The summed E-state index contributed by atoms with van der Waals surface area (Å²) in [5, 5.41) is 0. The minimum Gasteiger partial charge on any atom is -0.417 e. The van der Waals surface area contributed by atoms with Crippen LogP contribution in [0.4, 0.5) is 0 Å². The molecule has 58 heavy (non-hydrogen) atoms. The molecule has 6 rings (SSSR count). The van der Waals surface area contributed by atoms with Crippen LogP contribution in [0.1, 0.15) is 0 Å². The molecule has 0 N–H and O–H groups in total. The Morgan fingerprint density at radius 1 is 0.552 bits per heavy atom. The topological polar surface area (TPSA) is 95.8 Å². The summed E-state index contributed by atoms with van der Waals surface area (Å²) in [4.78, 5) is 26.4. The summed E-state index contributed by atoms with van der Waals surface area (Å²) in [5.74, 6) is 0. The van der Waals surface area contributed by atoms with Crippen LogP contribution in [0.2, 0.25) is 45.8 Å². The zero-order valence-corrected chi connectivity index (χ0v) is 40.4. The van der Waals surface area contributed by atoms with Crippen molar-refractivity contribution in [3.05, 3.63) is 173 Å². The van der Waals surface area contributed by atoms with Gasteiger partial charge in [0.25, 0.3) is 0 Å². The van der Waals surface area contributed by atoms with Crippen molar-refractivity contribution in [3.63, 3.8) is 0 Å². The molecule has 0 atom stereocenters. The molecule has 0 amide bonds. The van der Waals surface area contributed by atoms with Gasteiger partial charge in [-0.1, -0.05) is 68.2 Å². The smallest absolute Gasteiger partial charge is 0.205 e. The fourth-order valence-electron chi connectivity index (χ4n) is 3.98. The van der Waals surface area contributed by atoms with Crippen molar-refractivity contribution in [2.75, 3.05) is 13.2 Å². The van der Waals surface area contributed by atoms with E-state index in [0.29, 0.717) is 6.61 Å². The first kappa shape index (κ1) is 56.1. The largest absolute Gasteiger partial charge is 0.417 e. The monoisotopic (exact) mass is 917 g/mol. The van der Waals surface area contributed by atoms with Gasteiger partial charge >= 0.3 is 0 Å². The van der Waals surface area contributed by atoms with Crippen molar-refractivity contribution in [1.29, 1.82) is 0 Å². The van der Waals surface area contributed by atoms with E-state index in [1.54, 1.807) is 36.9 Å². The van der Waals surface area contributed by atoms with E-state index in [9.17, 15) is 0 Å². The summed E-state index contributed by atoms with van der Waals surface area (Å²) in [5.41, 5.74) is 6.92. The quantitative estimate of drug-likeness (QED) is 0.0762. The van der Waals surface area contributed by atoms with Gasteiger partial charge in [-0.3, -0.25) is 19.9 Å². The van der Waals surface area contributed by atoms with Crippen molar-refractivity contribution in [3.8, 4) is 45.6 Å². The van der Waals surface area contributed by atoms with Crippen molar-refractivity contribution >= 4 is 26.2 Å². The second-order valence-corrected chi connectivity index (χ2v) is 23.1. The van der Waals surface area contributed by atoms with Crippen molar-refractivity contribution in [2.24, 2.45) is 0 Å². The van der Waals surface area contributed by atoms with Gasteiger partial charge in [0.2, 0.25) is 9.04 Å². The van der Waals surface area contributed by atoms with Crippen LogP contribution in [-0.4, -0.2) is 69.3 Å². The molecule has 313 valence electrons. The standard InChI is InChI=1S/2C15H11N3.C5H12OSi.C5H11OSi.C4H11Si.CH3.2Co/c2*1-3-10-16-12(6-1)14-8-5-9-15(18-14)13-7-2-4-11-17-13;2*1-4-5-6-7(2)3;1-5(2,3)4;;;/h2*1-11H;4,7H,1,5H2,2-3H3;4H,1,5H2,2-3H3;1H2,2-4H3;1H3;;/q;;;;2*-1;;. The van der Waals surface area contributed by atoms with E-state index in [2.05, 4.69) is 95.4 Å². The maximum Gasteiger partial charge on any atom is 0.205 e. The Bertz CT molecular complexity index is 1660. The Labute approximate surface area is 374 Å². The van der Waals surface area contributed by atoms with Gasteiger partial charge in [-0.2, -0.15) is 0 Å². The fraction of sp³-hybridized carbons (Fsp3) is 0.200. The molecule has 0 saturated heterocycles. The van der Waals surface area contributed by atoms with Crippen LogP contribution in [0, 0.1) is 14.0 Å². The van der Waals surface area contributed by atoms with Crippen LogP contribution in [0.3, 0.4) is 0 Å². The first-order valence-electron chi connectivity index (χ1n) is 18.1. The van der Waals surface area contributed by atoms with Crippen molar-refractivity contribution < 1.29 is 42.4 Å². The number of hydrogen-bond acceptors (Lipinski definition) is 8. The summed E-state index contributed by atoms with van der Waals surface area (Å²) < 4.78 is 10.4. The van der Waals surface area contributed by atoms with E-state index in [1.165, 1.54) is 0 Å². The van der Waals surface area contributed by atoms with E-state index < -0.39 is 26.2 Å². The first-order valence-corrected chi connectivity index (χ1v) is 27.0. The third-order valence-corrected chi connectivity index (χ3v) is 7.85. The molecule has 0 unspecified atom stereocenters. The molecule has 3 radical (unpaired) electrons. The van der Waals surface area contributed by atoms with Crippen LogP contribution >= 0.6 is 0 Å². The summed E-state index contributed by atoms with van der Waals surface area (Å²) in [6.07, 6.45) is 10.6. The SMILES string of the molecule is C=CCO[SiH](C)C.C=CCO[Si](C)C.[CH2-][Si](C)(C)C.[CH3-].[Co].[Co].c1ccc(-c2cccc(-c3ccccn3)n2)nc1.c1ccc(-c2cccc(-c3ccccn3)n2)nc1. The zero-order valence-electron chi connectivity index (χ0n) is 35.1. The molecule has 13 heteroatoms. The van der Waals surface area contributed by atoms with Crippen LogP contribution < -0.4 is 0 Å². The number of rotatable bonds is 10. The maximum absolute atomic E-state index is 5.21. The molecule has 0 spiro atoms. The predicted octanol–water partition coefficient (Wildman–Crippen LogP) is 11.2. The van der Waals surface area contributed by atoms with E-state index in [4.69, 9.17) is 8.85 Å². The van der Waals surface area contributed by atoms with Crippen molar-refractivity contribution in [2.45, 2.75) is 45.8 Å². The molecule has 0 aromatic carbocycles. The molecule has 0 aliphatic carbocycles. The normalized spacial score (nSPS) is 9.69.